The molecule has 6 heteroatoms. The van der Waals surface area contributed by atoms with Crippen LogP contribution in [0.25, 0.3) is 0 Å². The number of nitrogens with one attached hydrogen (secondary N) is 1. The molecule has 0 bridgehead atoms. The van der Waals surface area contributed by atoms with E-state index in [1.54, 1.807) is 4.90 Å². The van der Waals surface area contributed by atoms with Gasteiger partial charge < -0.3 is 15.0 Å². The Balaban J connectivity index is 1.23. The number of nitrogens with zero attached hydrogens (tertiary/aromatic N) is 1. The van der Waals surface area contributed by atoms with Crippen molar-refractivity contribution in [1.29, 1.82) is 0 Å². The number of amides is 2. The van der Waals surface area contributed by atoms with Crippen LogP contribution in [0.15, 0.2) is 48.5 Å². The van der Waals surface area contributed by atoms with E-state index in [1.165, 1.54) is 29.8 Å². The zero-order chi connectivity index (χ0) is 20.2. The quantitative estimate of drug-likeness (QED) is 0.864. The average Bonchev–Trinajstić information content (AvgIpc) is 2.77. The molecule has 0 aromatic heterocycles. The Morgan fingerprint density at radius 3 is 2.55 bits per heavy atom. The monoisotopic (exact) mass is 396 g/mol. The van der Waals surface area contributed by atoms with Gasteiger partial charge in [-0.3, -0.25) is 9.59 Å². The minimum Gasteiger partial charge on any atom is -0.493 e. The number of likely N-dealkylation sites (tertiary alicyclic amines) is 1. The fraction of sp³-hybridized carbons (Fsp3) is 0.391. The number of fused-ring (bicyclic) bond motifs is 1. The molecule has 2 aromatic rings. The number of piperidine rings is 1. The molecule has 0 unspecified atom stereocenters. The minimum absolute atomic E-state index is 0.0535. The highest BCUT2D eigenvalue weighted by molar-refractivity contribution is 5.94. The Labute approximate surface area is 169 Å². The van der Waals surface area contributed by atoms with Crippen LogP contribution < -0.4 is 10.1 Å². The second-order valence-corrected chi connectivity index (χ2v) is 7.81. The predicted molar refractivity (Wildman–Crippen MR) is 107 cm³/mol. The number of halogens is 1. The summed E-state index contributed by atoms with van der Waals surface area (Å²) in [5.74, 6) is 0.717. The van der Waals surface area contributed by atoms with Crippen molar-refractivity contribution < 1.29 is 18.7 Å². The maximum Gasteiger partial charge on any atom is 0.253 e. The fourth-order valence-electron chi connectivity index (χ4n) is 4.03. The number of hydrogen-bond acceptors (Lipinski definition) is 3. The Kier molecular flexibility index (Phi) is 5.79. The van der Waals surface area contributed by atoms with E-state index < -0.39 is 0 Å². The number of ether oxygens (including phenoxy) is 1. The number of carbonyl (C=O) groups is 2. The normalized spacial score (nSPS) is 19.2. The summed E-state index contributed by atoms with van der Waals surface area (Å²) in [4.78, 5) is 26.8. The van der Waals surface area contributed by atoms with Crippen molar-refractivity contribution in [1.82, 2.24) is 10.2 Å². The largest absolute Gasteiger partial charge is 0.493 e. The zero-order valence-corrected chi connectivity index (χ0v) is 16.3. The molecule has 2 aromatic carbocycles. The summed E-state index contributed by atoms with van der Waals surface area (Å²) in [6, 6.07) is 13.6. The lowest BCUT2D eigenvalue weighted by Gasteiger charge is -2.32. The van der Waals surface area contributed by atoms with Crippen LogP contribution in [-0.4, -0.2) is 43.0 Å². The molecular weight excluding hydrogens is 371 g/mol. The average molecular weight is 396 g/mol. The van der Waals surface area contributed by atoms with Gasteiger partial charge in [-0.25, -0.2) is 4.39 Å². The van der Waals surface area contributed by atoms with E-state index in [4.69, 9.17) is 4.74 Å². The molecule has 1 atom stereocenters. The molecule has 2 amide bonds. The van der Waals surface area contributed by atoms with Gasteiger partial charge in [0.05, 0.1) is 6.61 Å². The van der Waals surface area contributed by atoms with E-state index in [2.05, 4.69) is 11.4 Å². The zero-order valence-electron chi connectivity index (χ0n) is 16.3. The van der Waals surface area contributed by atoms with E-state index in [9.17, 15) is 14.0 Å². The number of benzene rings is 2. The van der Waals surface area contributed by atoms with Crippen LogP contribution in [0.4, 0.5) is 4.39 Å². The SMILES string of the molecule is O=C(NC[C@H]1COc2ccccc2C1)C1CCN(C(=O)c2ccc(F)cc2)CC1. The third kappa shape index (κ3) is 4.58. The molecule has 1 N–H and O–H groups in total. The van der Waals surface area contributed by atoms with Gasteiger partial charge in [0.1, 0.15) is 11.6 Å². The smallest absolute Gasteiger partial charge is 0.253 e. The van der Waals surface area contributed by atoms with Gasteiger partial charge in [-0.1, -0.05) is 18.2 Å². The van der Waals surface area contributed by atoms with Crippen LogP contribution in [0.5, 0.6) is 5.75 Å². The second-order valence-electron chi connectivity index (χ2n) is 7.81. The van der Waals surface area contributed by atoms with Gasteiger partial charge in [0.15, 0.2) is 0 Å². The first-order valence-corrected chi connectivity index (χ1v) is 10.1. The summed E-state index contributed by atoms with van der Waals surface area (Å²) >= 11 is 0. The molecule has 4 rings (SSSR count). The molecule has 2 aliphatic heterocycles. The summed E-state index contributed by atoms with van der Waals surface area (Å²) in [5, 5.41) is 3.07. The minimum atomic E-state index is -0.358. The van der Waals surface area contributed by atoms with Gasteiger partial charge in [-0.2, -0.15) is 0 Å². The number of hydrogen-bond donors (Lipinski definition) is 1. The van der Waals surface area contributed by atoms with E-state index in [-0.39, 0.29) is 29.5 Å². The van der Waals surface area contributed by atoms with Crippen LogP contribution in [-0.2, 0) is 11.2 Å². The van der Waals surface area contributed by atoms with Crippen LogP contribution in [0.2, 0.25) is 0 Å². The first kappa shape index (κ1) is 19.4. The summed E-state index contributed by atoms with van der Waals surface area (Å²) in [6.07, 6.45) is 2.19. The fourth-order valence-corrected chi connectivity index (χ4v) is 4.03. The molecule has 0 saturated carbocycles. The Bertz CT molecular complexity index is 876. The maximum atomic E-state index is 13.0. The highest BCUT2D eigenvalue weighted by Gasteiger charge is 2.28. The molecule has 1 fully saturated rings. The van der Waals surface area contributed by atoms with Crippen LogP contribution in [0.1, 0.15) is 28.8 Å². The lowest BCUT2D eigenvalue weighted by molar-refractivity contribution is -0.126. The summed E-state index contributed by atoms with van der Waals surface area (Å²) in [5.41, 5.74) is 1.66. The molecule has 152 valence electrons. The molecule has 0 radical (unpaired) electrons. The Morgan fingerprint density at radius 2 is 1.79 bits per heavy atom. The van der Waals surface area contributed by atoms with Gasteiger partial charge >= 0.3 is 0 Å². The standard InChI is InChI=1S/C23H25FN2O3/c24-20-7-5-18(6-8-20)23(28)26-11-9-17(10-12-26)22(27)25-14-16-13-19-3-1-2-4-21(19)29-15-16/h1-8,16-17H,9-15H2,(H,25,27)/t16-/m0/s1. The van der Waals surface area contributed by atoms with Crippen molar-refractivity contribution in [3.05, 3.63) is 65.5 Å². The maximum absolute atomic E-state index is 13.0. The topological polar surface area (TPSA) is 58.6 Å². The van der Waals surface area contributed by atoms with E-state index in [1.807, 2.05) is 18.2 Å². The summed E-state index contributed by atoms with van der Waals surface area (Å²) in [7, 11) is 0. The van der Waals surface area contributed by atoms with E-state index in [0.717, 1.165) is 12.2 Å². The van der Waals surface area contributed by atoms with E-state index in [0.29, 0.717) is 44.6 Å². The molecule has 5 nitrogen and oxygen atoms in total. The summed E-state index contributed by atoms with van der Waals surface area (Å²) < 4.78 is 18.8. The summed E-state index contributed by atoms with van der Waals surface area (Å²) in [6.45, 7) is 2.28. The number of carbonyl (C=O) groups excluding carboxylic acids is 2. The molecule has 2 heterocycles. The van der Waals surface area contributed by atoms with Gasteiger partial charge in [-0.15, -0.1) is 0 Å². The first-order chi connectivity index (χ1) is 14.1. The van der Waals surface area contributed by atoms with Crippen molar-refractivity contribution in [3.63, 3.8) is 0 Å². The van der Waals surface area contributed by atoms with Crippen molar-refractivity contribution in [3.8, 4) is 5.75 Å². The van der Waals surface area contributed by atoms with Crippen molar-refractivity contribution in [2.75, 3.05) is 26.2 Å². The molecule has 0 spiro atoms. The Morgan fingerprint density at radius 1 is 1.07 bits per heavy atom. The molecule has 1 saturated heterocycles. The molecular formula is C23H25FN2O3. The highest BCUT2D eigenvalue weighted by Crippen LogP contribution is 2.26. The van der Waals surface area contributed by atoms with Crippen LogP contribution in [0, 0.1) is 17.7 Å². The lowest BCUT2D eigenvalue weighted by atomic mass is 9.94. The van der Waals surface area contributed by atoms with Gasteiger partial charge in [0.2, 0.25) is 5.91 Å². The number of para-hydroxylation sites is 1. The van der Waals surface area contributed by atoms with E-state index >= 15 is 0 Å². The molecule has 2 aliphatic rings. The third-order valence-corrected chi connectivity index (χ3v) is 5.76. The van der Waals surface area contributed by atoms with Crippen molar-refractivity contribution in [2.24, 2.45) is 11.8 Å². The second kappa shape index (κ2) is 8.64. The van der Waals surface area contributed by atoms with Crippen LogP contribution in [0.3, 0.4) is 0 Å². The van der Waals surface area contributed by atoms with Gasteiger partial charge in [0.25, 0.3) is 5.91 Å². The lowest BCUT2D eigenvalue weighted by Crippen LogP contribution is -2.44. The van der Waals surface area contributed by atoms with Gasteiger partial charge in [-0.05, 0) is 55.2 Å². The van der Waals surface area contributed by atoms with Crippen LogP contribution >= 0.6 is 0 Å². The Hall–Kier alpha value is -2.89. The first-order valence-electron chi connectivity index (χ1n) is 10.1. The predicted octanol–water partition coefficient (Wildman–Crippen LogP) is 3.05. The molecule has 29 heavy (non-hydrogen) atoms. The number of rotatable bonds is 4. The highest BCUT2D eigenvalue weighted by atomic mass is 19.1. The molecule has 0 aliphatic carbocycles. The van der Waals surface area contributed by atoms with Crippen molar-refractivity contribution in [2.45, 2.75) is 19.3 Å². The third-order valence-electron chi connectivity index (χ3n) is 5.76. The van der Waals surface area contributed by atoms with Crippen molar-refractivity contribution >= 4 is 11.8 Å². The van der Waals surface area contributed by atoms with Gasteiger partial charge in [0, 0.05) is 37.0 Å².